The molecule has 182 valence electrons. The Morgan fingerprint density at radius 1 is 1.03 bits per heavy atom. The minimum absolute atomic E-state index is 0.0349. The largest absolute Gasteiger partial charge is 0.465 e. The summed E-state index contributed by atoms with van der Waals surface area (Å²) in [6.45, 7) is 11.3. The quantitative estimate of drug-likeness (QED) is 0.485. The van der Waals surface area contributed by atoms with Gasteiger partial charge in [0, 0.05) is 23.7 Å². The second-order valence-electron chi connectivity index (χ2n) is 10.00. The van der Waals surface area contributed by atoms with Gasteiger partial charge in [0.1, 0.15) is 11.6 Å². The first-order valence-electron chi connectivity index (χ1n) is 11.2. The third-order valence-corrected chi connectivity index (χ3v) is 5.88. The Hall–Kier alpha value is -2.51. The molecule has 7 heteroatoms. The standard InChI is InChI=1S/C26H36F2N2O3/c1-7-17-9-8-10-19(11-17)26(5,6)29-16-23(31)22(30(24(32)33)25(2,3)4)14-18-12-20(27)15-21(28)13-18/h8-13,15,22-23,29,31H,7,14,16H2,1-6H3,(H,32,33)/t22-,23-/m0/s1. The molecule has 0 fully saturated rings. The van der Waals surface area contributed by atoms with E-state index in [9.17, 15) is 23.8 Å². The Morgan fingerprint density at radius 3 is 2.15 bits per heavy atom. The highest BCUT2D eigenvalue weighted by molar-refractivity contribution is 5.66. The number of nitrogens with zero attached hydrogens (tertiary/aromatic N) is 1. The van der Waals surface area contributed by atoms with Gasteiger partial charge in [0.15, 0.2) is 0 Å². The van der Waals surface area contributed by atoms with Crippen LogP contribution in [0.15, 0.2) is 42.5 Å². The van der Waals surface area contributed by atoms with Gasteiger partial charge in [-0.15, -0.1) is 0 Å². The molecule has 2 atom stereocenters. The van der Waals surface area contributed by atoms with Gasteiger partial charge in [0.2, 0.25) is 0 Å². The number of rotatable bonds is 9. The average molecular weight is 463 g/mol. The highest BCUT2D eigenvalue weighted by Gasteiger charge is 2.38. The Kier molecular flexibility index (Phi) is 8.60. The second kappa shape index (κ2) is 10.6. The SMILES string of the molecule is CCc1cccc(C(C)(C)NC[C@H](O)[C@H](Cc2cc(F)cc(F)c2)N(C(=O)O)C(C)(C)C)c1. The molecule has 0 heterocycles. The first kappa shape index (κ1) is 26.7. The van der Waals surface area contributed by atoms with Crippen LogP contribution in [-0.2, 0) is 18.4 Å². The summed E-state index contributed by atoms with van der Waals surface area (Å²) in [6, 6.07) is 10.3. The molecule has 0 radical (unpaired) electrons. The van der Waals surface area contributed by atoms with E-state index >= 15 is 0 Å². The highest BCUT2D eigenvalue weighted by atomic mass is 19.1. The van der Waals surface area contributed by atoms with E-state index in [0.717, 1.165) is 23.0 Å². The van der Waals surface area contributed by atoms with Gasteiger partial charge >= 0.3 is 6.09 Å². The summed E-state index contributed by atoms with van der Waals surface area (Å²) in [5.41, 5.74) is 1.19. The van der Waals surface area contributed by atoms with Crippen molar-refractivity contribution in [3.8, 4) is 0 Å². The summed E-state index contributed by atoms with van der Waals surface area (Å²) in [6.07, 6.45) is -1.47. The van der Waals surface area contributed by atoms with Crippen molar-refractivity contribution in [3.05, 3.63) is 70.8 Å². The predicted octanol–water partition coefficient (Wildman–Crippen LogP) is 5.10. The van der Waals surface area contributed by atoms with Crippen molar-refractivity contribution in [3.63, 3.8) is 0 Å². The van der Waals surface area contributed by atoms with Crippen LogP contribution in [0.3, 0.4) is 0 Å². The number of hydrogen-bond acceptors (Lipinski definition) is 3. The molecule has 2 rings (SSSR count). The van der Waals surface area contributed by atoms with Crippen LogP contribution in [0.1, 0.15) is 58.2 Å². The van der Waals surface area contributed by atoms with Crippen LogP contribution >= 0.6 is 0 Å². The monoisotopic (exact) mass is 462 g/mol. The van der Waals surface area contributed by atoms with Crippen LogP contribution in [-0.4, -0.2) is 45.4 Å². The Bertz CT molecular complexity index is 937. The second-order valence-corrected chi connectivity index (χ2v) is 10.00. The van der Waals surface area contributed by atoms with Gasteiger partial charge in [-0.05, 0) is 76.3 Å². The minimum atomic E-state index is -1.21. The lowest BCUT2D eigenvalue weighted by Gasteiger charge is -2.42. The smallest absolute Gasteiger partial charge is 0.408 e. The molecule has 3 N–H and O–H groups in total. The zero-order valence-electron chi connectivity index (χ0n) is 20.3. The molecule has 0 unspecified atom stereocenters. The average Bonchev–Trinajstić information content (AvgIpc) is 2.69. The molecular weight excluding hydrogens is 426 g/mol. The third-order valence-electron chi connectivity index (χ3n) is 5.88. The van der Waals surface area contributed by atoms with Crippen molar-refractivity contribution >= 4 is 6.09 Å². The number of aliphatic hydroxyl groups is 1. The molecule has 0 aromatic heterocycles. The maximum absolute atomic E-state index is 13.8. The molecule has 5 nitrogen and oxygen atoms in total. The van der Waals surface area contributed by atoms with E-state index < -0.39 is 41.0 Å². The number of carbonyl (C=O) groups is 1. The molecule has 0 aliphatic carbocycles. The lowest BCUT2D eigenvalue weighted by molar-refractivity contribution is 0.00539. The van der Waals surface area contributed by atoms with Crippen LogP contribution in [0, 0.1) is 11.6 Å². The number of nitrogens with one attached hydrogen (secondary N) is 1. The molecule has 33 heavy (non-hydrogen) atoms. The van der Waals surface area contributed by atoms with Crippen molar-refractivity contribution in [2.45, 2.75) is 77.6 Å². The van der Waals surface area contributed by atoms with E-state index in [1.165, 1.54) is 17.7 Å². The van der Waals surface area contributed by atoms with Crippen LogP contribution < -0.4 is 5.32 Å². The third kappa shape index (κ3) is 7.24. The molecule has 0 spiro atoms. The van der Waals surface area contributed by atoms with Gasteiger partial charge < -0.3 is 15.5 Å². The van der Waals surface area contributed by atoms with Gasteiger partial charge in [-0.1, -0.05) is 31.2 Å². The Balaban J connectivity index is 2.32. The normalized spacial score (nSPS) is 14.1. The Labute approximate surface area is 195 Å². The van der Waals surface area contributed by atoms with Gasteiger partial charge in [0.25, 0.3) is 0 Å². The number of hydrogen-bond donors (Lipinski definition) is 3. The summed E-state index contributed by atoms with van der Waals surface area (Å²) >= 11 is 0. The molecule has 2 aromatic rings. The summed E-state index contributed by atoms with van der Waals surface area (Å²) < 4.78 is 27.6. The zero-order chi connectivity index (χ0) is 25.0. The summed E-state index contributed by atoms with van der Waals surface area (Å²) in [5, 5.41) is 24.4. The summed E-state index contributed by atoms with van der Waals surface area (Å²) in [7, 11) is 0. The molecule has 0 aliphatic heterocycles. The van der Waals surface area contributed by atoms with Crippen LogP contribution in [0.25, 0.3) is 0 Å². The van der Waals surface area contributed by atoms with Gasteiger partial charge in [-0.3, -0.25) is 4.90 Å². The van der Waals surface area contributed by atoms with E-state index in [1.807, 2.05) is 26.0 Å². The van der Waals surface area contributed by atoms with Crippen molar-refractivity contribution in [2.75, 3.05) is 6.54 Å². The molecule has 0 bridgehead atoms. The highest BCUT2D eigenvalue weighted by Crippen LogP contribution is 2.25. The summed E-state index contributed by atoms with van der Waals surface area (Å²) in [4.78, 5) is 13.3. The number of halogens is 2. The molecule has 0 saturated carbocycles. The van der Waals surface area contributed by atoms with Crippen molar-refractivity contribution < 1.29 is 23.8 Å². The molecule has 1 amide bonds. The van der Waals surface area contributed by atoms with E-state index in [4.69, 9.17) is 0 Å². The maximum Gasteiger partial charge on any atom is 0.408 e. The first-order chi connectivity index (χ1) is 15.2. The minimum Gasteiger partial charge on any atom is -0.465 e. The molecule has 0 aliphatic rings. The molecule has 2 aromatic carbocycles. The zero-order valence-corrected chi connectivity index (χ0v) is 20.3. The van der Waals surface area contributed by atoms with Crippen molar-refractivity contribution in [2.24, 2.45) is 0 Å². The summed E-state index contributed by atoms with van der Waals surface area (Å²) in [5.74, 6) is -1.49. The van der Waals surface area contributed by atoms with Crippen LogP contribution in [0.2, 0.25) is 0 Å². The van der Waals surface area contributed by atoms with E-state index in [-0.39, 0.29) is 18.5 Å². The van der Waals surface area contributed by atoms with Crippen molar-refractivity contribution in [1.82, 2.24) is 10.2 Å². The lowest BCUT2D eigenvalue weighted by atomic mass is 9.91. The fourth-order valence-electron chi connectivity index (χ4n) is 4.07. The van der Waals surface area contributed by atoms with E-state index in [0.29, 0.717) is 0 Å². The fraction of sp³-hybridized carbons (Fsp3) is 0.500. The molecule has 0 saturated heterocycles. The number of carboxylic acid groups (broad SMARTS) is 1. The van der Waals surface area contributed by atoms with Crippen LogP contribution in [0.4, 0.5) is 13.6 Å². The van der Waals surface area contributed by atoms with Gasteiger partial charge in [0.05, 0.1) is 12.1 Å². The first-order valence-corrected chi connectivity index (χ1v) is 11.2. The predicted molar refractivity (Wildman–Crippen MR) is 126 cm³/mol. The number of aliphatic hydroxyl groups excluding tert-OH is 1. The van der Waals surface area contributed by atoms with Gasteiger partial charge in [-0.25, -0.2) is 13.6 Å². The lowest BCUT2D eigenvalue weighted by Crippen LogP contribution is -2.58. The topological polar surface area (TPSA) is 72.8 Å². The maximum atomic E-state index is 13.8. The van der Waals surface area contributed by atoms with Gasteiger partial charge in [-0.2, -0.15) is 0 Å². The van der Waals surface area contributed by atoms with Crippen LogP contribution in [0.5, 0.6) is 0 Å². The van der Waals surface area contributed by atoms with E-state index in [2.05, 4.69) is 24.4 Å². The van der Waals surface area contributed by atoms with Crippen molar-refractivity contribution in [1.29, 1.82) is 0 Å². The number of amides is 1. The number of benzene rings is 2. The van der Waals surface area contributed by atoms with E-state index in [1.54, 1.807) is 20.8 Å². The molecular formula is C26H36F2N2O3. The Morgan fingerprint density at radius 2 is 1.64 bits per heavy atom. The fourth-order valence-corrected chi connectivity index (χ4v) is 4.07. The number of aryl methyl sites for hydroxylation is 1.